The number of likely N-dealkylation sites (tertiary alicyclic amines) is 1. The van der Waals surface area contributed by atoms with E-state index in [0.29, 0.717) is 17.8 Å². The number of amides is 1. The van der Waals surface area contributed by atoms with E-state index in [1.165, 1.54) is 0 Å². The molecule has 0 bridgehead atoms. The monoisotopic (exact) mass is 298 g/mol. The molecule has 4 nitrogen and oxygen atoms in total. The Morgan fingerprint density at radius 3 is 3.00 bits per heavy atom. The molecule has 1 atom stereocenters. The van der Waals surface area contributed by atoms with Crippen LogP contribution in [0.2, 0.25) is 0 Å². The van der Waals surface area contributed by atoms with E-state index in [4.69, 9.17) is 5.73 Å². The molecule has 92 valence electrons. The minimum Gasteiger partial charge on any atom is -0.398 e. The van der Waals surface area contributed by atoms with Crippen molar-refractivity contribution in [3.05, 3.63) is 28.2 Å². The Morgan fingerprint density at radius 2 is 2.35 bits per heavy atom. The lowest BCUT2D eigenvalue weighted by molar-refractivity contribution is 0.0677. The third-order valence-electron chi connectivity index (χ3n) is 3.10. The quantitative estimate of drug-likeness (QED) is 0.816. The fraction of sp³-hybridized carbons (Fsp3) is 0.417. The number of rotatable bonds is 2. The molecular weight excluding hydrogens is 284 g/mol. The number of hydrogen-bond acceptors (Lipinski definition) is 3. The van der Waals surface area contributed by atoms with Crippen LogP contribution in [-0.2, 0) is 0 Å². The van der Waals surface area contributed by atoms with Crippen LogP contribution in [0.5, 0.6) is 0 Å². The van der Waals surface area contributed by atoms with Crippen molar-refractivity contribution in [2.45, 2.75) is 18.9 Å². The molecule has 0 aromatic heterocycles. The first kappa shape index (κ1) is 12.4. The predicted octanol–water partition coefficient (Wildman–Crippen LogP) is 1.63. The Hall–Kier alpha value is -1.07. The normalized spacial score (nSPS) is 19.6. The van der Waals surface area contributed by atoms with Crippen molar-refractivity contribution in [2.75, 3.05) is 18.9 Å². The van der Waals surface area contributed by atoms with E-state index in [-0.39, 0.29) is 18.6 Å². The van der Waals surface area contributed by atoms with Gasteiger partial charge in [-0.05, 0) is 47.0 Å². The van der Waals surface area contributed by atoms with Gasteiger partial charge in [0, 0.05) is 22.3 Å². The average molecular weight is 299 g/mol. The van der Waals surface area contributed by atoms with Crippen molar-refractivity contribution in [3.8, 4) is 0 Å². The van der Waals surface area contributed by atoms with E-state index >= 15 is 0 Å². The molecule has 1 aliphatic heterocycles. The highest BCUT2D eigenvalue weighted by Crippen LogP contribution is 2.24. The number of carbonyl (C=O) groups excluding carboxylic acids is 1. The summed E-state index contributed by atoms with van der Waals surface area (Å²) in [6.07, 6.45) is 1.82. The second-order valence-electron chi connectivity index (χ2n) is 4.21. The molecule has 3 N–H and O–H groups in total. The highest BCUT2D eigenvalue weighted by molar-refractivity contribution is 9.10. The standard InChI is InChI=1S/C12H15BrN2O2/c13-10-6-8(3-4-11(10)14)12(17)15-5-1-2-9(15)7-16/h3-4,6,9,16H,1-2,5,7,14H2. The molecule has 0 radical (unpaired) electrons. The molecule has 2 rings (SSSR count). The molecule has 0 spiro atoms. The van der Waals surface area contributed by atoms with E-state index in [0.717, 1.165) is 17.3 Å². The Labute approximate surface area is 109 Å². The summed E-state index contributed by atoms with van der Waals surface area (Å²) in [7, 11) is 0. The maximum absolute atomic E-state index is 12.2. The summed E-state index contributed by atoms with van der Waals surface area (Å²) in [6.45, 7) is 0.744. The number of nitrogens with two attached hydrogens (primary N) is 1. The first-order valence-electron chi connectivity index (χ1n) is 5.60. The Morgan fingerprint density at radius 1 is 1.59 bits per heavy atom. The summed E-state index contributed by atoms with van der Waals surface area (Å²) in [6, 6.07) is 5.11. The number of halogens is 1. The van der Waals surface area contributed by atoms with Crippen molar-refractivity contribution in [1.82, 2.24) is 4.90 Å². The maximum Gasteiger partial charge on any atom is 0.254 e. The van der Waals surface area contributed by atoms with Crippen LogP contribution in [0, 0.1) is 0 Å². The van der Waals surface area contributed by atoms with Crippen molar-refractivity contribution < 1.29 is 9.90 Å². The average Bonchev–Trinajstić information content (AvgIpc) is 2.80. The molecule has 1 amide bonds. The number of anilines is 1. The lowest BCUT2D eigenvalue weighted by atomic mass is 10.1. The topological polar surface area (TPSA) is 66.6 Å². The number of aliphatic hydroxyl groups is 1. The number of nitrogen functional groups attached to an aromatic ring is 1. The van der Waals surface area contributed by atoms with Gasteiger partial charge in [-0.15, -0.1) is 0 Å². The summed E-state index contributed by atoms with van der Waals surface area (Å²) in [4.78, 5) is 14.0. The third-order valence-corrected chi connectivity index (χ3v) is 3.78. The molecule has 1 aromatic rings. The zero-order valence-electron chi connectivity index (χ0n) is 9.40. The molecule has 0 aliphatic carbocycles. The van der Waals surface area contributed by atoms with E-state index in [1.807, 2.05) is 0 Å². The largest absolute Gasteiger partial charge is 0.398 e. The number of aliphatic hydroxyl groups excluding tert-OH is 1. The van der Waals surface area contributed by atoms with Gasteiger partial charge in [0.1, 0.15) is 0 Å². The second kappa shape index (κ2) is 5.06. The molecular formula is C12H15BrN2O2. The minimum atomic E-state index is -0.0428. The van der Waals surface area contributed by atoms with Gasteiger partial charge in [-0.2, -0.15) is 0 Å². The van der Waals surface area contributed by atoms with E-state index in [2.05, 4.69) is 15.9 Å². The maximum atomic E-state index is 12.2. The number of carbonyl (C=O) groups is 1. The first-order chi connectivity index (χ1) is 8.13. The van der Waals surface area contributed by atoms with Crippen LogP contribution in [0.4, 0.5) is 5.69 Å². The van der Waals surface area contributed by atoms with Crippen molar-refractivity contribution in [3.63, 3.8) is 0 Å². The molecule has 1 heterocycles. The lowest BCUT2D eigenvalue weighted by Crippen LogP contribution is -2.37. The zero-order chi connectivity index (χ0) is 12.4. The molecule has 17 heavy (non-hydrogen) atoms. The van der Waals surface area contributed by atoms with Crippen molar-refractivity contribution >= 4 is 27.5 Å². The molecule has 1 aromatic carbocycles. The van der Waals surface area contributed by atoms with E-state index in [9.17, 15) is 9.90 Å². The minimum absolute atomic E-state index is 0.0296. The molecule has 1 fully saturated rings. The van der Waals surface area contributed by atoms with Gasteiger partial charge in [0.2, 0.25) is 0 Å². The van der Waals surface area contributed by atoms with Crippen LogP contribution in [-0.4, -0.2) is 35.1 Å². The SMILES string of the molecule is Nc1ccc(C(=O)N2CCCC2CO)cc1Br. The smallest absolute Gasteiger partial charge is 0.254 e. The molecule has 1 unspecified atom stereocenters. The van der Waals surface area contributed by atoms with Gasteiger partial charge in [0.25, 0.3) is 5.91 Å². The highest BCUT2D eigenvalue weighted by atomic mass is 79.9. The molecule has 5 heteroatoms. The van der Waals surface area contributed by atoms with Crippen molar-refractivity contribution in [1.29, 1.82) is 0 Å². The summed E-state index contributed by atoms with van der Waals surface area (Å²) < 4.78 is 0.725. The summed E-state index contributed by atoms with van der Waals surface area (Å²) in [5.74, 6) is -0.0396. The number of benzene rings is 1. The Balaban J connectivity index is 2.21. The van der Waals surface area contributed by atoms with Gasteiger partial charge in [0.15, 0.2) is 0 Å². The van der Waals surface area contributed by atoms with Gasteiger partial charge in [0.05, 0.1) is 12.6 Å². The summed E-state index contributed by atoms with van der Waals surface area (Å²) in [5.41, 5.74) is 6.90. The lowest BCUT2D eigenvalue weighted by Gasteiger charge is -2.23. The van der Waals surface area contributed by atoms with Crippen LogP contribution in [0.15, 0.2) is 22.7 Å². The Bertz CT molecular complexity index is 437. The third kappa shape index (κ3) is 2.45. The van der Waals surface area contributed by atoms with Crippen LogP contribution in [0.25, 0.3) is 0 Å². The van der Waals surface area contributed by atoms with Crippen LogP contribution >= 0.6 is 15.9 Å². The van der Waals surface area contributed by atoms with E-state index < -0.39 is 0 Å². The van der Waals surface area contributed by atoms with Crippen molar-refractivity contribution in [2.24, 2.45) is 0 Å². The van der Waals surface area contributed by atoms with Gasteiger partial charge in [-0.3, -0.25) is 4.79 Å². The van der Waals surface area contributed by atoms with Crippen LogP contribution in [0.1, 0.15) is 23.2 Å². The fourth-order valence-corrected chi connectivity index (χ4v) is 2.50. The summed E-state index contributed by atoms with van der Waals surface area (Å²) >= 11 is 3.31. The number of hydrogen-bond donors (Lipinski definition) is 2. The van der Waals surface area contributed by atoms with Gasteiger partial charge in [-0.25, -0.2) is 0 Å². The molecule has 1 aliphatic rings. The second-order valence-corrected chi connectivity index (χ2v) is 5.07. The van der Waals surface area contributed by atoms with Gasteiger partial charge in [-0.1, -0.05) is 0 Å². The highest BCUT2D eigenvalue weighted by Gasteiger charge is 2.28. The fourth-order valence-electron chi connectivity index (χ4n) is 2.12. The first-order valence-corrected chi connectivity index (χ1v) is 6.39. The van der Waals surface area contributed by atoms with Crippen LogP contribution in [0.3, 0.4) is 0 Å². The van der Waals surface area contributed by atoms with Gasteiger partial charge >= 0.3 is 0 Å². The molecule has 1 saturated heterocycles. The Kier molecular flexibility index (Phi) is 3.69. The predicted molar refractivity (Wildman–Crippen MR) is 69.7 cm³/mol. The van der Waals surface area contributed by atoms with E-state index in [1.54, 1.807) is 23.1 Å². The van der Waals surface area contributed by atoms with Crippen LogP contribution < -0.4 is 5.73 Å². The number of nitrogens with zero attached hydrogens (tertiary/aromatic N) is 1. The summed E-state index contributed by atoms with van der Waals surface area (Å²) in [5, 5.41) is 9.21. The zero-order valence-corrected chi connectivity index (χ0v) is 11.0. The molecule has 0 saturated carbocycles. The van der Waals surface area contributed by atoms with Gasteiger partial charge < -0.3 is 15.7 Å².